The van der Waals surface area contributed by atoms with Gasteiger partial charge in [-0.25, -0.2) is 0 Å². The smallest absolute Gasteiger partial charge is 0.0558 e. The summed E-state index contributed by atoms with van der Waals surface area (Å²) in [6.45, 7) is 0. The molecular weight excluding hydrogens is 194 g/mol. The van der Waals surface area contributed by atoms with Gasteiger partial charge in [-0.3, -0.25) is 0 Å². The molecule has 2 N–H and O–H groups in total. The number of hydrogen-bond donors (Lipinski definition) is 1. The molecule has 1 atom stereocenters. The van der Waals surface area contributed by atoms with Crippen molar-refractivity contribution in [3.63, 3.8) is 0 Å². The van der Waals surface area contributed by atoms with Gasteiger partial charge in [-0.05, 0) is 28.3 Å². The monoisotopic (exact) mass is 207 g/mol. The molecule has 0 heterocycles. The molecule has 1 heteroatoms. The van der Waals surface area contributed by atoms with Crippen LogP contribution >= 0.6 is 0 Å². The van der Waals surface area contributed by atoms with E-state index in [1.165, 1.54) is 22.3 Å². The second-order valence-electron chi connectivity index (χ2n) is 4.08. The molecule has 0 fully saturated rings. The number of fused-ring (bicyclic) bond motifs is 4. The molecule has 0 amide bonds. The third kappa shape index (κ3) is 1.37. The first-order chi connectivity index (χ1) is 7.86. The maximum Gasteiger partial charge on any atom is 0.0558 e. The summed E-state index contributed by atoms with van der Waals surface area (Å²) >= 11 is 0. The molecule has 2 bridgehead atoms. The molecule has 0 radical (unpaired) electrons. The Bertz CT molecular complexity index is 544. The predicted molar refractivity (Wildman–Crippen MR) is 68.7 cm³/mol. The molecule has 3 rings (SSSR count). The fourth-order valence-electron chi connectivity index (χ4n) is 2.24. The van der Waals surface area contributed by atoms with Gasteiger partial charge in [-0.2, -0.15) is 0 Å². The van der Waals surface area contributed by atoms with Gasteiger partial charge in [0.1, 0.15) is 0 Å². The van der Waals surface area contributed by atoms with Crippen LogP contribution in [0.3, 0.4) is 0 Å². The van der Waals surface area contributed by atoms with Crippen LogP contribution in [0, 0.1) is 0 Å². The highest BCUT2D eigenvalue weighted by molar-refractivity contribution is 5.86. The molecule has 78 valence electrons. The van der Waals surface area contributed by atoms with Crippen LogP contribution in [0.1, 0.15) is 11.1 Å². The summed E-state index contributed by atoms with van der Waals surface area (Å²) in [4.78, 5) is 0. The number of rotatable bonds is 0. The normalized spacial score (nSPS) is 28.9. The lowest BCUT2D eigenvalue weighted by atomic mass is 9.83. The number of nitrogens with two attached hydrogens (primary N) is 1. The zero-order chi connectivity index (χ0) is 11.0. The van der Waals surface area contributed by atoms with Crippen molar-refractivity contribution in [2.45, 2.75) is 6.04 Å². The van der Waals surface area contributed by atoms with Crippen molar-refractivity contribution in [1.29, 1.82) is 0 Å². The van der Waals surface area contributed by atoms with E-state index in [0.717, 1.165) is 0 Å². The van der Waals surface area contributed by atoms with Crippen LogP contribution in [-0.4, -0.2) is 6.04 Å². The minimum atomic E-state index is -0.00361. The molecule has 1 unspecified atom stereocenters. The van der Waals surface area contributed by atoms with E-state index in [1.54, 1.807) is 0 Å². The van der Waals surface area contributed by atoms with E-state index >= 15 is 0 Å². The topological polar surface area (TPSA) is 26.0 Å². The fourth-order valence-corrected chi connectivity index (χ4v) is 2.24. The van der Waals surface area contributed by atoms with E-state index in [4.69, 9.17) is 5.73 Å². The molecule has 2 aliphatic rings. The zero-order valence-corrected chi connectivity index (χ0v) is 8.93. The minimum Gasteiger partial charge on any atom is -0.320 e. The number of allylic oxidation sites excluding steroid dienone is 4. The molecule has 0 spiro atoms. The molecule has 16 heavy (non-hydrogen) atoms. The van der Waals surface area contributed by atoms with Crippen LogP contribution in [0.15, 0.2) is 60.2 Å². The molecule has 0 saturated carbocycles. The molecule has 0 aromatic heterocycles. The highest BCUT2D eigenvalue weighted by atomic mass is 14.6. The van der Waals surface area contributed by atoms with Crippen LogP contribution in [0.5, 0.6) is 0 Å². The molecule has 0 aliphatic heterocycles. The third-order valence-electron chi connectivity index (χ3n) is 3.07. The lowest BCUT2D eigenvalue weighted by molar-refractivity contribution is 0.995. The van der Waals surface area contributed by atoms with Gasteiger partial charge in [-0.1, -0.05) is 54.6 Å². The maximum atomic E-state index is 6.25. The number of hydrogen-bond acceptors (Lipinski definition) is 1. The van der Waals surface area contributed by atoms with Crippen molar-refractivity contribution in [1.82, 2.24) is 0 Å². The Morgan fingerprint density at radius 2 is 1.88 bits per heavy atom. The fraction of sp³-hybridized carbons (Fsp3) is 0.0667. The predicted octanol–water partition coefficient (Wildman–Crippen LogP) is 2.92. The van der Waals surface area contributed by atoms with E-state index in [9.17, 15) is 0 Å². The summed E-state index contributed by atoms with van der Waals surface area (Å²) in [5.74, 6) is 0. The van der Waals surface area contributed by atoms with Crippen LogP contribution in [0.2, 0.25) is 0 Å². The van der Waals surface area contributed by atoms with Crippen molar-refractivity contribution in [2.75, 3.05) is 0 Å². The first-order valence-electron chi connectivity index (χ1n) is 5.48. The van der Waals surface area contributed by atoms with E-state index in [-0.39, 0.29) is 6.04 Å². The van der Waals surface area contributed by atoms with Gasteiger partial charge in [0.25, 0.3) is 0 Å². The van der Waals surface area contributed by atoms with Gasteiger partial charge in [-0.15, -0.1) is 0 Å². The average molecular weight is 207 g/mol. The van der Waals surface area contributed by atoms with E-state index in [1.807, 2.05) is 18.2 Å². The molecule has 2 aliphatic carbocycles. The second-order valence-corrected chi connectivity index (χ2v) is 4.08. The molecule has 1 aromatic carbocycles. The third-order valence-corrected chi connectivity index (χ3v) is 3.07. The molecule has 1 nitrogen and oxygen atoms in total. The minimum absolute atomic E-state index is 0.00361. The summed E-state index contributed by atoms with van der Waals surface area (Å²) in [5.41, 5.74) is 11.1. The van der Waals surface area contributed by atoms with Crippen molar-refractivity contribution in [3.05, 3.63) is 71.3 Å². The summed E-state index contributed by atoms with van der Waals surface area (Å²) in [7, 11) is 0. The Hall–Kier alpha value is -1.86. The summed E-state index contributed by atoms with van der Waals surface area (Å²) < 4.78 is 0. The number of benzene rings is 1. The lowest BCUT2D eigenvalue weighted by Crippen LogP contribution is -2.26. The average Bonchev–Trinajstić information content (AvgIpc) is 2.31. The van der Waals surface area contributed by atoms with Crippen LogP contribution in [-0.2, 0) is 0 Å². The van der Waals surface area contributed by atoms with Gasteiger partial charge in [0, 0.05) is 0 Å². The summed E-state index contributed by atoms with van der Waals surface area (Å²) in [6, 6.07) is 8.38. The molecular formula is C15H13N. The van der Waals surface area contributed by atoms with E-state index in [2.05, 4.69) is 42.5 Å². The Morgan fingerprint density at radius 3 is 2.81 bits per heavy atom. The molecule has 0 saturated heterocycles. The van der Waals surface area contributed by atoms with Gasteiger partial charge < -0.3 is 5.73 Å². The highest BCUT2D eigenvalue weighted by Gasteiger charge is 2.21. The quantitative estimate of drug-likeness (QED) is 0.695. The Labute approximate surface area is 95.3 Å². The molecule has 1 aromatic rings. The highest BCUT2D eigenvalue weighted by Crippen LogP contribution is 2.33. The summed E-state index contributed by atoms with van der Waals surface area (Å²) in [5, 5.41) is 0. The van der Waals surface area contributed by atoms with Gasteiger partial charge in [0.2, 0.25) is 0 Å². The van der Waals surface area contributed by atoms with Gasteiger partial charge >= 0.3 is 0 Å². The largest absolute Gasteiger partial charge is 0.320 e. The Balaban J connectivity index is 2.31. The van der Waals surface area contributed by atoms with E-state index in [0.29, 0.717) is 0 Å². The lowest BCUT2D eigenvalue weighted by Gasteiger charge is -2.25. The van der Waals surface area contributed by atoms with Crippen LogP contribution in [0.4, 0.5) is 0 Å². The second kappa shape index (κ2) is 3.62. The van der Waals surface area contributed by atoms with Crippen LogP contribution in [0.25, 0.3) is 11.6 Å². The maximum absolute atomic E-state index is 6.25. The van der Waals surface area contributed by atoms with Crippen molar-refractivity contribution < 1.29 is 0 Å². The zero-order valence-electron chi connectivity index (χ0n) is 8.93. The Morgan fingerprint density at radius 1 is 1.00 bits per heavy atom. The van der Waals surface area contributed by atoms with Gasteiger partial charge in [0.05, 0.1) is 6.04 Å². The van der Waals surface area contributed by atoms with Crippen LogP contribution < -0.4 is 5.73 Å². The Kier molecular flexibility index (Phi) is 2.12. The van der Waals surface area contributed by atoms with E-state index < -0.39 is 0 Å². The van der Waals surface area contributed by atoms with Crippen molar-refractivity contribution in [3.8, 4) is 0 Å². The SMILES string of the molecule is NC1C2=Cc3ccccc3\C1=C/C=C\C=C/2. The summed E-state index contributed by atoms with van der Waals surface area (Å²) in [6.07, 6.45) is 12.5. The van der Waals surface area contributed by atoms with Crippen molar-refractivity contribution >= 4 is 11.6 Å². The van der Waals surface area contributed by atoms with Gasteiger partial charge in [0.15, 0.2) is 0 Å². The standard InChI is InChI=1S/C15H13N/c16-15-12-7-2-1-3-9-14(15)13-8-5-4-6-11(13)10-12/h1-10,15H,16H2/b2-1?,3-1-,7-2-,9-3?,12-7?,14-9+. The first-order valence-corrected chi connectivity index (χ1v) is 5.48. The first kappa shape index (κ1) is 9.37. The van der Waals surface area contributed by atoms with Crippen molar-refractivity contribution in [2.24, 2.45) is 5.73 Å².